The number of rotatable bonds is 3. The van der Waals surface area contributed by atoms with Crippen molar-refractivity contribution in [3.8, 4) is 0 Å². The lowest BCUT2D eigenvalue weighted by atomic mass is 10.2. The first-order valence-electron chi connectivity index (χ1n) is 4.66. The van der Waals surface area contributed by atoms with Gasteiger partial charge in [0.25, 0.3) is 0 Å². The average molecular weight is 233 g/mol. The predicted molar refractivity (Wildman–Crippen MR) is 64.2 cm³/mol. The van der Waals surface area contributed by atoms with Crippen LogP contribution < -0.4 is 0 Å². The molecular weight excluding hydrogens is 224 g/mol. The first-order chi connectivity index (χ1) is 7.84. The predicted octanol–water partition coefficient (Wildman–Crippen LogP) is 2.39. The maximum Gasteiger partial charge on any atom is 0.141 e. The van der Waals surface area contributed by atoms with Gasteiger partial charge in [0, 0.05) is 0 Å². The Hall–Kier alpha value is -1.94. The second kappa shape index (κ2) is 5.23. The molecule has 4 nitrogen and oxygen atoms in total. The van der Waals surface area contributed by atoms with Crippen molar-refractivity contribution in [3.63, 3.8) is 0 Å². The molecule has 80 valence electrons. The van der Waals surface area contributed by atoms with Gasteiger partial charge in [-0.2, -0.15) is 5.10 Å². The number of hydrogen-bond acceptors (Lipinski definition) is 3. The maximum absolute atomic E-state index is 5.99. The first kappa shape index (κ1) is 10.6. The molecule has 2 rings (SSSR count). The topological polar surface area (TPSA) is 43.1 Å². The summed E-state index contributed by atoms with van der Waals surface area (Å²) >= 11 is 5.99. The van der Waals surface area contributed by atoms with Crippen LogP contribution in [0.15, 0.2) is 53.1 Å². The second-order valence-electron chi connectivity index (χ2n) is 3.03. The molecule has 0 bridgehead atoms. The highest BCUT2D eigenvalue weighted by Gasteiger charge is 1.90. The Morgan fingerprint density at radius 2 is 1.88 bits per heavy atom. The summed E-state index contributed by atoms with van der Waals surface area (Å²) in [5.41, 5.74) is 1.03. The molecule has 0 saturated carbocycles. The van der Waals surface area contributed by atoms with E-state index in [1.54, 1.807) is 0 Å². The minimum Gasteiger partial charge on any atom is -0.208 e. The van der Waals surface area contributed by atoms with Gasteiger partial charge in [0.15, 0.2) is 0 Å². The normalized spacial score (nSPS) is 12.2. The van der Waals surface area contributed by atoms with E-state index in [1.807, 2.05) is 36.4 Å². The summed E-state index contributed by atoms with van der Waals surface area (Å²) in [6, 6.07) is 9.79. The van der Waals surface area contributed by atoms with Gasteiger partial charge in [-0.3, -0.25) is 0 Å². The van der Waals surface area contributed by atoms with Crippen LogP contribution >= 0.6 is 11.6 Å². The molecule has 1 heterocycles. The molecule has 2 aromatic rings. The van der Waals surface area contributed by atoms with E-state index in [4.69, 9.17) is 11.6 Å². The van der Waals surface area contributed by atoms with Crippen LogP contribution in [0.1, 0.15) is 5.56 Å². The highest BCUT2D eigenvalue weighted by Crippen LogP contribution is 2.07. The van der Waals surface area contributed by atoms with Crippen LogP contribution in [-0.2, 0) is 0 Å². The molecule has 0 atom stereocenters. The molecule has 0 unspecified atom stereocenters. The molecular formula is C11H9ClN4. The Bertz CT molecular complexity index is 488. The van der Waals surface area contributed by atoms with Gasteiger partial charge in [-0.15, -0.1) is 10.2 Å². The fraction of sp³-hybridized carbons (Fsp3) is 0. The van der Waals surface area contributed by atoms with E-state index in [9.17, 15) is 0 Å². The summed E-state index contributed by atoms with van der Waals surface area (Å²) in [4.78, 5) is 0. The zero-order valence-corrected chi connectivity index (χ0v) is 9.12. The number of hydrogen-bond donors (Lipinski definition) is 0. The van der Waals surface area contributed by atoms with E-state index in [1.165, 1.54) is 23.5 Å². The third-order valence-corrected chi connectivity index (χ3v) is 2.03. The molecule has 0 aliphatic carbocycles. The van der Waals surface area contributed by atoms with Crippen molar-refractivity contribution < 1.29 is 0 Å². The van der Waals surface area contributed by atoms with Gasteiger partial charge >= 0.3 is 0 Å². The fourth-order valence-corrected chi connectivity index (χ4v) is 1.29. The Kier molecular flexibility index (Phi) is 3.46. The molecule has 1 aromatic carbocycles. The van der Waals surface area contributed by atoms with Crippen molar-refractivity contribution in [1.82, 2.24) is 14.9 Å². The number of benzene rings is 1. The van der Waals surface area contributed by atoms with E-state index in [0.29, 0.717) is 5.03 Å². The first-order valence-corrected chi connectivity index (χ1v) is 5.03. The number of halogens is 1. The van der Waals surface area contributed by atoms with Crippen LogP contribution in [0.5, 0.6) is 0 Å². The van der Waals surface area contributed by atoms with E-state index in [-0.39, 0.29) is 0 Å². The van der Waals surface area contributed by atoms with Crippen LogP contribution in [0.2, 0.25) is 0 Å². The molecule has 0 aliphatic rings. The van der Waals surface area contributed by atoms with Crippen molar-refractivity contribution in [2.75, 3.05) is 0 Å². The lowest BCUT2D eigenvalue weighted by Gasteiger charge is -1.92. The zero-order valence-electron chi connectivity index (χ0n) is 8.36. The van der Waals surface area contributed by atoms with E-state index < -0.39 is 0 Å². The Morgan fingerprint density at radius 3 is 2.56 bits per heavy atom. The van der Waals surface area contributed by atoms with Gasteiger partial charge in [0.1, 0.15) is 12.7 Å². The fourth-order valence-electron chi connectivity index (χ4n) is 1.12. The molecule has 16 heavy (non-hydrogen) atoms. The standard InChI is InChI=1S/C11H9ClN4/c12-11(6-10-4-2-1-3-5-10)7-15-16-8-13-14-9-16/h1-9H/b11-6+,15-7?. The summed E-state index contributed by atoms with van der Waals surface area (Å²) in [6.45, 7) is 0. The third kappa shape index (κ3) is 3.03. The van der Waals surface area contributed by atoms with Crippen molar-refractivity contribution in [1.29, 1.82) is 0 Å². The van der Waals surface area contributed by atoms with Crippen LogP contribution in [-0.4, -0.2) is 21.1 Å². The quantitative estimate of drug-likeness (QED) is 0.763. The van der Waals surface area contributed by atoms with Gasteiger partial charge in [-0.05, 0) is 11.6 Å². The van der Waals surface area contributed by atoms with E-state index >= 15 is 0 Å². The molecule has 0 saturated heterocycles. The monoisotopic (exact) mass is 232 g/mol. The van der Waals surface area contributed by atoms with Gasteiger partial charge < -0.3 is 0 Å². The number of allylic oxidation sites excluding steroid dienone is 1. The Balaban J connectivity index is 2.09. The van der Waals surface area contributed by atoms with Crippen molar-refractivity contribution in [2.24, 2.45) is 5.10 Å². The molecule has 0 amide bonds. The highest BCUT2D eigenvalue weighted by atomic mass is 35.5. The summed E-state index contributed by atoms with van der Waals surface area (Å²) in [5.74, 6) is 0. The van der Waals surface area contributed by atoms with E-state index in [2.05, 4.69) is 15.3 Å². The molecule has 1 aromatic heterocycles. The van der Waals surface area contributed by atoms with Crippen LogP contribution in [0, 0.1) is 0 Å². The second-order valence-corrected chi connectivity index (χ2v) is 3.46. The molecule has 0 radical (unpaired) electrons. The largest absolute Gasteiger partial charge is 0.208 e. The summed E-state index contributed by atoms with van der Waals surface area (Å²) < 4.78 is 1.47. The van der Waals surface area contributed by atoms with E-state index in [0.717, 1.165) is 5.56 Å². The molecule has 0 spiro atoms. The van der Waals surface area contributed by atoms with Crippen molar-refractivity contribution >= 4 is 23.9 Å². The van der Waals surface area contributed by atoms with Crippen LogP contribution in [0.3, 0.4) is 0 Å². The highest BCUT2D eigenvalue weighted by molar-refractivity contribution is 6.41. The Morgan fingerprint density at radius 1 is 1.19 bits per heavy atom. The van der Waals surface area contributed by atoms with Gasteiger partial charge in [-0.25, -0.2) is 4.68 Å². The van der Waals surface area contributed by atoms with Gasteiger partial charge in [0.05, 0.1) is 11.2 Å². The Labute approximate surface area is 97.9 Å². The van der Waals surface area contributed by atoms with Crippen molar-refractivity contribution in [3.05, 3.63) is 53.6 Å². The summed E-state index contributed by atoms with van der Waals surface area (Å²) in [6.07, 6.45) is 6.35. The van der Waals surface area contributed by atoms with Gasteiger partial charge in [-0.1, -0.05) is 41.9 Å². The lowest BCUT2D eigenvalue weighted by Crippen LogP contribution is -1.84. The number of aromatic nitrogens is 3. The zero-order chi connectivity index (χ0) is 11.2. The summed E-state index contributed by atoms with van der Waals surface area (Å²) in [5, 5.41) is 11.8. The third-order valence-electron chi connectivity index (χ3n) is 1.83. The molecule has 5 heteroatoms. The minimum absolute atomic E-state index is 0.542. The maximum atomic E-state index is 5.99. The minimum atomic E-state index is 0.542. The molecule has 0 N–H and O–H groups in total. The molecule has 0 aliphatic heterocycles. The molecule has 0 fully saturated rings. The van der Waals surface area contributed by atoms with Crippen molar-refractivity contribution in [2.45, 2.75) is 0 Å². The SMILES string of the molecule is Cl/C(C=Nn1cnnc1)=C/c1ccccc1. The lowest BCUT2D eigenvalue weighted by molar-refractivity contribution is 0.879. The van der Waals surface area contributed by atoms with Crippen LogP contribution in [0.4, 0.5) is 0 Å². The smallest absolute Gasteiger partial charge is 0.141 e. The van der Waals surface area contributed by atoms with Crippen LogP contribution in [0.25, 0.3) is 6.08 Å². The summed E-state index contributed by atoms with van der Waals surface area (Å²) in [7, 11) is 0. The number of nitrogens with zero attached hydrogens (tertiary/aromatic N) is 4. The van der Waals surface area contributed by atoms with Gasteiger partial charge in [0.2, 0.25) is 0 Å². The average Bonchev–Trinajstić information content (AvgIpc) is 2.81.